The molecule has 0 spiro atoms. The Kier molecular flexibility index (Phi) is 5.91. The van der Waals surface area contributed by atoms with Gasteiger partial charge < -0.3 is 4.42 Å². The molecule has 0 saturated carbocycles. The molecule has 0 unspecified atom stereocenters. The van der Waals surface area contributed by atoms with Gasteiger partial charge in [0.15, 0.2) is 9.84 Å². The molecule has 0 atom stereocenters. The van der Waals surface area contributed by atoms with Gasteiger partial charge in [-0.3, -0.25) is 10.1 Å². The fraction of sp³-hybridized carbons (Fsp3) is 0.105. The van der Waals surface area contributed by atoms with Crippen molar-refractivity contribution in [3.63, 3.8) is 0 Å². The van der Waals surface area contributed by atoms with Gasteiger partial charge in [0.2, 0.25) is 5.89 Å². The lowest BCUT2D eigenvalue weighted by Gasteiger charge is -2.01. The maximum absolute atomic E-state index is 12.0. The SMILES string of the molecule is CCS(=O)(=O)c1ccc(-c2nnc(NC(=O)/C=C/c3ccccc3Cl)o2)cc1. The Balaban J connectivity index is 1.69. The minimum absolute atomic E-state index is 0.0186. The monoisotopic (exact) mass is 417 g/mol. The van der Waals surface area contributed by atoms with Crippen molar-refractivity contribution in [1.82, 2.24) is 10.2 Å². The van der Waals surface area contributed by atoms with Crippen LogP contribution in [-0.2, 0) is 14.6 Å². The summed E-state index contributed by atoms with van der Waals surface area (Å²) in [6.45, 7) is 1.58. The first-order valence-corrected chi connectivity index (χ1v) is 10.3. The largest absolute Gasteiger partial charge is 0.403 e. The Morgan fingerprint density at radius 3 is 2.54 bits per heavy atom. The average Bonchev–Trinajstić information content (AvgIpc) is 3.16. The molecule has 144 valence electrons. The van der Waals surface area contributed by atoms with Crippen LogP contribution in [-0.4, -0.2) is 30.3 Å². The van der Waals surface area contributed by atoms with Crippen molar-refractivity contribution in [2.24, 2.45) is 0 Å². The van der Waals surface area contributed by atoms with Gasteiger partial charge in [0.05, 0.1) is 10.6 Å². The van der Waals surface area contributed by atoms with Gasteiger partial charge in [-0.05, 0) is 42.0 Å². The van der Waals surface area contributed by atoms with Crippen molar-refractivity contribution >= 4 is 39.4 Å². The Morgan fingerprint density at radius 2 is 1.86 bits per heavy atom. The number of anilines is 1. The highest BCUT2D eigenvalue weighted by molar-refractivity contribution is 7.91. The van der Waals surface area contributed by atoms with Gasteiger partial charge in [-0.15, -0.1) is 5.10 Å². The van der Waals surface area contributed by atoms with E-state index in [-0.39, 0.29) is 22.6 Å². The summed E-state index contributed by atoms with van der Waals surface area (Å²) < 4.78 is 29.1. The number of carbonyl (C=O) groups excluding carboxylic acids is 1. The normalized spacial score (nSPS) is 11.6. The number of amides is 1. The van der Waals surface area contributed by atoms with Gasteiger partial charge >= 0.3 is 6.01 Å². The number of halogens is 1. The molecule has 2 aromatic carbocycles. The van der Waals surface area contributed by atoms with Crippen LogP contribution in [0.1, 0.15) is 12.5 Å². The number of nitrogens with one attached hydrogen (secondary N) is 1. The molecule has 0 saturated heterocycles. The quantitative estimate of drug-likeness (QED) is 0.611. The maximum atomic E-state index is 12.0. The first-order valence-electron chi connectivity index (χ1n) is 8.29. The number of benzene rings is 2. The van der Waals surface area contributed by atoms with E-state index in [9.17, 15) is 13.2 Å². The molecule has 0 fully saturated rings. The lowest BCUT2D eigenvalue weighted by atomic mass is 10.2. The van der Waals surface area contributed by atoms with Gasteiger partial charge in [0.25, 0.3) is 5.91 Å². The lowest BCUT2D eigenvalue weighted by molar-refractivity contribution is -0.112. The number of aromatic nitrogens is 2. The van der Waals surface area contributed by atoms with Gasteiger partial charge in [0, 0.05) is 16.7 Å². The number of rotatable bonds is 6. The summed E-state index contributed by atoms with van der Waals surface area (Å²) in [5.74, 6) is -0.282. The van der Waals surface area contributed by atoms with Crippen LogP contribution >= 0.6 is 11.6 Å². The molecule has 3 aromatic rings. The topological polar surface area (TPSA) is 102 Å². The minimum atomic E-state index is -3.28. The van der Waals surface area contributed by atoms with Crippen molar-refractivity contribution in [2.75, 3.05) is 11.1 Å². The molecule has 9 heteroatoms. The van der Waals surface area contributed by atoms with Crippen LogP contribution in [0.15, 0.2) is 63.9 Å². The minimum Gasteiger partial charge on any atom is -0.403 e. The first-order chi connectivity index (χ1) is 13.4. The first kappa shape index (κ1) is 19.8. The second-order valence-corrected chi connectivity index (χ2v) is 8.37. The van der Waals surface area contributed by atoms with Crippen LogP contribution < -0.4 is 5.32 Å². The molecule has 0 radical (unpaired) electrons. The lowest BCUT2D eigenvalue weighted by Crippen LogP contribution is -2.07. The van der Waals surface area contributed by atoms with Gasteiger partial charge in [0.1, 0.15) is 0 Å². The van der Waals surface area contributed by atoms with Crippen molar-refractivity contribution in [1.29, 1.82) is 0 Å². The van der Waals surface area contributed by atoms with E-state index in [2.05, 4.69) is 15.5 Å². The Labute approximate surface area is 167 Å². The maximum Gasteiger partial charge on any atom is 0.322 e. The molecular weight excluding hydrogens is 402 g/mol. The molecule has 3 rings (SSSR count). The van der Waals surface area contributed by atoms with E-state index in [1.165, 1.54) is 18.2 Å². The van der Waals surface area contributed by atoms with Crippen LogP contribution in [0.2, 0.25) is 5.02 Å². The van der Waals surface area contributed by atoms with E-state index in [0.29, 0.717) is 16.1 Å². The highest BCUT2D eigenvalue weighted by Crippen LogP contribution is 2.22. The van der Waals surface area contributed by atoms with Gasteiger partial charge in [-0.25, -0.2) is 8.42 Å². The van der Waals surface area contributed by atoms with E-state index in [1.54, 1.807) is 43.3 Å². The molecule has 1 amide bonds. The molecule has 0 aliphatic rings. The summed E-state index contributed by atoms with van der Waals surface area (Å²) in [5.41, 5.74) is 1.24. The molecule has 0 aliphatic carbocycles. The van der Waals surface area contributed by atoms with Crippen LogP contribution in [0.25, 0.3) is 17.5 Å². The van der Waals surface area contributed by atoms with Crippen LogP contribution in [0.5, 0.6) is 0 Å². The predicted molar refractivity (Wildman–Crippen MR) is 107 cm³/mol. The Morgan fingerprint density at radius 1 is 1.14 bits per heavy atom. The molecule has 28 heavy (non-hydrogen) atoms. The number of hydrogen-bond donors (Lipinski definition) is 1. The zero-order valence-electron chi connectivity index (χ0n) is 14.8. The number of carbonyl (C=O) groups is 1. The van der Waals surface area contributed by atoms with Crippen molar-refractivity contribution < 1.29 is 17.6 Å². The summed E-state index contributed by atoms with van der Waals surface area (Å²) in [6.07, 6.45) is 2.87. The Hall–Kier alpha value is -2.97. The van der Waals surface area contributed by atoms with E-state index in [4.69, 9.17) is 16.0 Å². The van der Waals surface area contributed by atoms with Crippen LogP contribution in [0, 0.1) is 0 Å². The second-order valence-electron chi connectivity index (χ2n) is 5.68. The molecule has 1 aromatic heterocycles. The van der Waals surface area contributed by atoms with Crippen molar-refractivity contribution in [3.05, 3.63) is 65.2 Å². The molecule has 1 N–H and O–H groups in total. The highest BCUT2D eigenvalue weighted by atomic mass is 35.5. The fourth-order valence-corrected chi connectivity index (χ4v) is 3.37. The van der Waals surface area contributed by atoms with E-state index >= 15 is 0 Å². The van der Waals surface area contributed by atoms with Crippen LogP contribution in [0.3, 0.4) is 0 Å². The third kappa shape index (κ3) is 4.65. The molecule has 1 heterocycles. The van der Waals surface area contributed by atoms with E-state index in [1.807, 2.05) is 6.07 Å². The number of hydrogen-bond acceptors (Lipinski definition) is 6. The molecular formula is C19H16ClN3O4S. The molecule has 0 bridgehead atoms. The third-order valence-electron chi connectivity index (χ3n) is 3.82. The van der Waals surface area contributed by atoms with Crippen molar-refractivity contribution in [3.8, 4) is 11.5 Å². The summed E-state index contributed by atoms with van der Waals surface area (Å²) in [7, 11) is -3.28. The molecule has 7 nitrogen and oxygen atoms in total. The second kappa shape index (κ2) is 8.37. The summed E-state index contributed by atoms with van der Waals surface area (Å²) in [6, 6.07) is 13.1. The van der Waals surface area contributed by atoms with Crippen molar-refractivity contribution in [2.45, 2.75) is 11.8 Å². The Bertz CT molecular complexity index is 1120. The average molecular weight is 418 g/mol. The van der Waals surface area contributed by atoms with E-state index < -0.39 is 15.7 Å². The highest BCUT2D eigenvalue weighted by Gasteiger charge is 2.14. The third-order valence-corrected chi connectivity index (χ3v) is 5.91. The number of nitrogens with zero attached hydrogens (tertiary/aromatic N) is 2. The predicted octanol–water partition coefficient (Wildman–Crippen LogP) is 3.84. The number of sulfone groups is 1. The summed E-state index contributed by atoms with van der Waals surface area (Å²) in [4.78, 5) is 12.2. The van der Waals surface area contributed by atoms with Gasteiger partial charge in [-0.1, -0.05) is 41.8 Å². The molecule has 0 aliphatic heterocycles. The van der Waals surface area contributed by atoms with Crippen LogP contribution in [0.4, 0.5) is 6.01 Å². The summed E-state index contributed by atoms with van der Waals surface area (Å²) >= 11 is 6.03. The van der Waals surface area contributed by atoms with E-state index in [0.717, 1.165) is 0 Å². The summed E-state index contributed by atoms with van der Waals surface area (Å²) in [5, 5.41) is 10.6. The smallest absolute Gasteiger partial charge is 0.322 e. The standard InChI is InChI=1S/C19H16ClN3O4S/c1-2-28(25,26)15-10-7-14(8-11-15)18-22-23-19(27-18)21-17(24)12-9-13-5-3-4-6-16(13)20/h3-12H,2H2,1H3,(H,21,23,24)/b12-9+. The fourth-order valence-electron chi connectivity index (χ4n) is 2.28. The zero-order chi connectivity index (χ0) is 20.1. The van der Waals surface area contributed by atoms with Gasteiger partial charge in [-0.2, -0.15) is 0 Å². The zero-order valence-corrected chi connectivity index (χ0v) is 16.4.